The van der Waals surface area contributed by atoms with Crippen LogP contribution in [0.4, 0.5) is 13.2 Å². The molecule has 0 spiro atoms. The van der Waals surface area contributed by atoms with Crippen molar-refractivity contribution >= 4 is 12.6 Å². The Labute approximate surface area is 158 Å². The van der Waals surface area contributed by atoms with Gasteiger partial charge in [-0.2, -0.15) is 13.2 Å². The summed E-state index contributed by atoms with van der Waals surface area (Å²) in [7, 11) is -0.410. The highest BCUT2D eigenvalue weighted by Crippen LogP contribution is 2.36. The Balaban J connectivity index is 1.64. The molecule has 2 nitrogen and oxygen atoms in total. The number of benzene rings is 2. The number of aryl methyl sites for hydroxylation is 2. The molecule has 27 heavy (non-hydrogen) atoms. The smallest absolute Gasteiger partial charge is 0.399 e. The second kappa shape index (κ2) is 6.99. The Bertz CT molecular complexity index is 782. The highest BCUT2D eigenvalue weighted by atomic mass is 19.4. The lowest BCUT2D eigenvalue weighted by Gasteiger charge is -2.32. The lowest BCUT2D eigenvalue weighted by atomic mass is 9.78. The van der Waals surface area contributed by atoms with E-state index in [2.05, 4.69) is 0 Å². The van der Waals surface area contributed by atoms with Crippen LogP contribution in [-0.4, -0.2) is 18.3 Å². The summed E-state index contributed by atoms with van der Waals surface area (Å²) < 4.78 is 50.5. The second-order valence-electron chi connectivity index (χ2n) is 8.03. The predicted octanol–water partition coefficient (Wildman–Crippen LogP) is 4.79. The van der Waals surface area contributed by atoms with Gasteiger partial charge < -0.3 is 9.31 Å². The van der Waals surface area contributed by atoms with E-state index in [1.807, 2.05) is 52.0 Å². The molecule has 0 N–H and O–H groups in total. The number of alkyl halides is 3. The molecule has 1 heterocycles. The molecule has 3 rings (SSSR count). The fourth-order valence-corrected chi connectivity index (χ4v) is 3.01. The maximum Gasteiger partial charge on any atom is 0.494 e. The van der Waals surface area contributed by atoms with E-state index < -0.39 is 18.9 Å². The molecular weight excluding hydrogens is 352 g/mol. The van der Waals surface area contributed by atoms with Crippen LogP contribution in [0.2, 0.25) is 0 Å². The maximum absolute atomic E-state index is 12.8. The minimum Gasteiger partial charge on any atom is -0.399 e. The molecule has 0 saturated carbocycles. The fourth-order valence-electron chi connectivity index (χ4n) is 3.01. The molecule has 0 aromatic heterocycles. The van der Waals surface area contributed by atoms with Gasteiger partial charge >= 0.3 is 13.3 Å². The zero-order chi connectivity index (χ0) is 19.9. The fraction of sp³-hybridized carbons (Fsp3) is 0.429. The Kier molecular flexibility index (Phi) is 5.17. The highest BCUT2D eigenvalue weighted by Gasteiger charge is 2.51. The Morgan fingerprint density at radius 1 is 0.815 bits per heavy atom. The first-order chi connectivity index (χ1) is 12.5. The van der Waals surface area contributed by atoms with Gasteiger partial charge in [0.05, 0.1) is 16.8 Å². The predicted molar refractivity (Wildman–Crippen MR) is 101 cm³/mol. The van der Waals surface area contributed by atoms with Gasteiger partial charge in [0.25, 0.3) is 0 Å². The Hall–Kier alpha value is -1.79. The average molecular weight is 376 g/mol. The van der Waals surface area contributed by atoms with E-state index >= 15 is 0 Å². The summed E-state index contributed by atoms with van der Waals surface area (Å²) in [6.45, 7) is 8.04. The summed E-state index contributed by atoms with van der Waals surface area (Å²) in [5, 5.41) is 0. The van der Waals surface area contributed by atoms with Crippen LogP contribution in [0.3, 0.4) is 0 Å². The molecule has 1 aliphatic heterocycles. The van der Waals surface area contributed by atoms with Crippen LogP contribution in [0, 0.1) is 0 Å². The van der Waals surface area contributed by atoms with Crippen LogP contribution in [0.15, 0.2) is 48.5 Å². The summed E-state index contributed by atoms with van der Waals surface area (Å²) in [4.78, 5) is 0. The first-order valence-corrected chi connectivity index (χ1v) is 9.09. The maximum atomic E-state index is 12.8. The summed E-state index contributed by atoms with van der Waals surface area (Å²) >= 11 is 0. The van der Waals surface area contributed by atoms with Gasteiger partial charge in [-0.1, -0.05) is 42.5 Å². The lowest BCUT2D eigenvalue weighted by molar-refractivity contribution is -0.137. The highest BCUT2D eigenvalue weighted by molar-refractivity contribution is 6.62. The van der Waals surface area contributed by atoms with E-state index in [-0.39, 0.29) is 11.2 Å². The third-order valence-corrected chi connectivity index (χ3v) is 5.46. The first-order valence-electron chi connectivity index (χ1n) is 9.09. The second-order valence-corrected chi connectivity index (χ2v) is 8.03. The van der Waals surface area contributed by atoms with Gasteiger partial charge in [-0.05, 0) is 63.2 Å². The van der Waals surface area contributed by atoms with Gasteiger partial charge in [-0.3, -0.25) is 0 Å². The molecule has 0 aliphatic carbocycles. The van der Waals surface area contributed by atoms with Crippen molar-refractivity contribution in [1.29, 1.82) is 0 Å². The number of rotatable bonds is 4. The molecule has 0 atom stereocenters. The molecule has 1 fully saturated rings. The van der Waals surface area contributed by atoms with Gasteiger partial charge in [0.15, 0.2) is 0 Å². The molecule has 0 bridgehead atoms. The van der Waals surface area contributed by atoms with Crippen molar-refractivity contribution in [3.63, 3.8) is 0 Å². The van der Waals surface area contributed by atoms with Crippen LogP contribution >= 0.6 is 0 Å². The normalized spacial score (nSPS) is 18.7. The minimum absolute atomic E-state index is 0.389. The Morgan fingerprint density at radius 2 is 1.37 bits per heavy atom. The number of hydrogen-bond acceptors (Lipinski definition) is 2. The zero-order valence-corrected chi connectivity index (χ0v) is 16.1. The standard InChI is InChI=1S/C21H24BF3O2/c1-19(2)20(3,4)27-22(26-19)18-12-10-15(11-13-18)8-9-16-6-5-7-17(14-16)21(23,24)25/h5-7,10-14H,8-9H2,1-4H3. The average Bonchev–Trinajstić information content (AvgIpc) is 2.81. The zero-order valence-electron chi connectivity index (χ0n) is 16.1. The van der Waals surface area contributed by atoms with E-state index in [0.717, 1.165) is 17.1 Å². The molecular formula is C21H24BF3O2. The monoisotopic (exact) mass is 376 g/mol. The molecule has 144 valence electrons. The molecule has 0 unspecified atom stereocenters. The third kappa shape index (κ3) is 4.38. The molecule has 2 aromatic rings. The van der Waals surface area contributed by atoms with Crippen molar-refractivity contribution in [2.24, 2.45) is 0 Å². The van der Waals surface area contributed by atoms with Crippen LogP contribution in [0.5, 0.6) is 0 Å². The van der Waals surface area contributed by atoms with Crippen molar-refractivity contribution in [1.82, 2.24) is 0 Å². The van der Waals surface area contributed by atoms with Gasteiger partial charge in [-0.25, -0.2) is 0 Å². The SMILES string of the molecule is CC1(C)OB(c2ccc(CCc3cccc(C(F)(F)F)c3)cc2)OC1(C)C. The van der Waals surface area contributed by atoms with E-state index in [1.54, 1.807) is 6.07 Å². The van der Waals surface area contributed by atoms with E-state index in [0.29, 0.717) is 18.4 Å². The van der Waals surface area contributed by atoms with E-state index in [4.69, 9.17) is 9.31 Å². The summed E-state index contributed by atoms with van der Waals surface area (Å²) in [6, 6.07) is 13.4. The van der Waals surface area contributed by atoms with E-state index in [9.17, 15) is 13.2 Å². The van der Waals surface area contributed by atoms with Crippen molar-refractivity contribution in [2.75, 3.05) is 0 Å². The molecule has 6 heteroatoms. The minimum atomic E-state index is -4.31. The topological polar surface area (TPSA) is 18.5 Å². The molecule has 1 aliphatic rings. The van der Waals surface area contributed by atoms with Gasteiger partial charge in [0.2, 0.25) is 0 Å². The molecule has 1 saturated heterocycles. The first kappa shape index (κ1) is 20.0. The lowest BCUT2D eigenvalue weighted by Crippen LogP contribution is -2.41. The van der Waals surface area contributed by atoms with Crippen LogP contribution in [0.25, 0.3) is 0 Å². The van der Waals surface area contributed by atoms with Crippen molar-refractivity contribution in [2.45, 2.75) is 57.9 Å². The third-order valence-electron chi connectivity index (χ3n) is 5.46. The van der Waals surface area contributed by atoms with Gasteiger partial charge in [0, 0.05) is 0 Å². The van der Waals surface area contributed by atoms with Gasteiger partial charge in [-0.15, -0.1) is 0 Å². The summed E-state index contributed by atoms with van der Waals surface area (Å²) in [5.41, 5.74) is 1.31. The molecule has 2 aromatic carbocycles. The number of hydrogen-bond donors (Lipinski definition) is 0. The van der Waals surface area contributed by atoms with Crippen molar-refractivity contribution in [3.05, 3.63) is 65.2 Å². The molecule has 0 radical (unpaired) electrons. The summed E-state index contributed by atoms with van der Waals surface area (Å²) in [5.74, 6) is 0. The van der Waals surface area contributed by atoms with Crippen LogP contribution in [0.1, 0.15) is 44.4 Å². The van der Waals surface area contributed by atoms with Crippen molar-refractivity contribution < 1.29 is 22.5 Å². The van der Waals surface area contributed by atoms with Crippen molar-refractivity contribution in [3.8, 4) is 0 Å². The van der Waals surface area contributed by atoms with Gasteiger partial charge in [0.1, 0.15) is 0 Å². The van der Waals surface area contributed by atoms with E-state index in [1.165, 1.54) is 12.1 Å². The molecule has 0 amide bonds. The Morgan fingerprint density at radius 3 is 1.93 bits per heavy atom. The van der Waals surface area contributed by atoms with Crippen LogP contribution < -0.4 is 5.46 Å². The van der Waals surface area contributed by atoms with Crippen LogP contribution in [-0.2, 0) is 28.3 Å². The number of halogens is 3. The summed E-state index contributed by atoms with van der Waals surface area (Å²) in [6.07, 6.45) is -3.08. The quantitative estimate of drug-likeness (QED) is 0.715. The largest absolute Gasteiger partial charge is 0.494 e.